The van der Waals surface area contributed by atoms with Gasteiger partial charge in [0.25, 0.3) is 0 Å². The third kappa shape index (κ3) is 2.17. The molecule has 0 amide bonds. The van der Waals surface area contributed by atoms with Gasteiger partial charge >= 0.3 is 0 Å². The maximum atomic E-state index is 13.3. The molecule has 94 valence electrons. The molecule has 0 fully saturated rings. The van der Waals surface area contributed by atoms with E-state index < -0.39 is 5.82 Å². The summed E-state index contributed by atoms with van der Waals surface area (Å²) in [4.78, 5) is 2.27. The van der Waals surface area contributed by atoms with Crippen LogP contribution >= 0.6 is 0 Å². The van der Waals surface area contributed by atoms with Crippen LogP contribution in [0.4, 0.5) is 10.1 Å². The molecule has 1 aliphatic heterocycles. The van der Waals surface area contributed by atoms with E-state index in [1.165, 1.54) is 17.3 Å². The zero-order valence-electron chi connectivity index (χ0n) is 10.4. The van der Waals surface area contributed by atoms with E-state index >= 15 is 0 Å². The summed E-state index contributed by atoms with van der Waals surface area (Å²) >= 11 is 0. The Bertz CT molecular complexity index is 658. The average Bonchev–Trinajstić information content (AvgIpc) is 2.84. The minimum Gasteiger partial charge on any atom is -0.367 e. The minimum atomic E-state index is -0.451. The topological polar surface area (TPSA) is 27.0 Å². The Balaban J connectivity index is 1.86. The van der Waals surface area contributed by atoms with Gasteiger partial charge in [-0.1, -0.05) is 24.3 Å². The van der Waals surface area contributed by atoms with E-state index in [-0.39, 0.29) is 5.56 Å². The molecule has 0 aromatic heterocycles. The van der Waals surface area contributed by atoms with E-state index in [9.17, 15) is 4.39 Å². The zero-order valence-corrected chi connectivity index (χ0v) is 10.4. The highest BCUT2D eigenvalue weighted by Crippen LogP contribution is 2.28. The van der Waals surface area contributed by atoms with Crippen LogP contribution in [-0.2, 0) is 13.0 Å². The zero-order chi connectivity index (χ0) is 13.2. The van der Waals surface area contributed by atoms with Crippen LogP contribution < -0.4 is 4.90 Å². The van der Waals surface area contributed by atoms with Crippen LogP contribution in [0.2, 0.25) is 0 Å². The van der Waals surface area contributed by atoms with E-state index in [1.807, 2.05) is 18.2 Å². The molecule has 0 atom stereocenters. The van der Waals surface area contributed by atoms with Gasteiger partial charge < -0.3 is 4.90 Å². The highest BCUT2D eigenvalue weighted by molar-refractivity contribution is 5.58. The predicted octanol–water partition coefficient (Wildman–Crippen LogP) is 3.26. The van der Waals surface area contributed by atoms with Crippen molar-refractivity contribution in [2.75, 3.05) is 11.4 Å². The molecule has 2 nitrogen and oxygen atoms in total. The van der Waals surface area contributed by atoms with Crippen molar-refractivity contribution in [1.29, 1.82) is 5.26 Å². The lowest BCUT2D eigenvalue weighted by atomic mass is 10.1. The van der Waals surface area contributed by atoms with Crippen molar-refractivity contribution in [3.8, 4) is 6.07 Å². The van der Waals surface area contributed by atoms with Crippen LogP contribution in [0, 0.1) is 17.1 Å². The molecule has 0 aliphatic carbocycles. The van der Waals surface area contributed by atoms with E-state index in [4.69, 9.17) is 5.26 Å². The fraction of sp³-hybridized carbons (Fsp3) is 0.188. The summed E-state index contributed by atoms with van der Waals surface area (Å²) in [5.74, 6) is -0.451. The second-order valence-corrected chi connectivity index (χ2v) is 4.73. The Kier molecular flexibility index (Phi) is 2.92. The molecule has 2 aromatic carbocycles. The molecule has 3 rings (SSSR count). The van der Waals surface area contributed by atoms with Gasteiger partial charge in [0.1, 0.15) is 11.9 Å². The van der Waals surface area contributed by atoms with Gasteiger partial charge in [-0.25, -0.2) is 4.39 Å². The van der Waals surface area contributed by atoms with Gasteiger partial charge in [0.2, 0.25) is 0 Å². The van der Waals surface area contributed by atoms with Crippen LogP contribution in [0.25, 0.3) is 0 Å². The maximum absolute atomic E-state index is 13.3. The first kappa shape index (κ1) is 11.7. The van der Waals surface area contributed by atoms with Gasteiger partial charge in [-0.05, 0) is 35.7 Å². The summed E-state index contributed by atoms with van der Waals surface area (Å²) < 4.78 is 13.3. The number of hydrogen-bond donors (Lipinski definition) is 0. The third-order valence-electron chi connectivity index (χ3n) is 3.51. The first-order valence-electron chi connectivity index (χ1n) is 6.29. The Morgan fingerprint density at radius 1 is 1.21 bits per heavy atom. The first-order chi connectivity index (χ1) is 9.28. The van der Waals surface area contributed by atoms with Gasteiger partial charge in [0.05, 0.1) is 5.56 Å². The van der Waals surface area contributed by atoms with Crippen LogP contribution in [0.3, 0.4) is 0 Å². The molecule has 0 bridgehead atoms. The Labute approximate surface area is 111 Å². The number of nitrogens with zero attached hydrogens (tertiary/aromatic N) is 2. The standard InChI is InChI=1S/C16H13FN2/c17-15-6-5-12(9-14(15)10-18)11-19-8-7-13-3-1-2-4-16(13)19/h1-6,9H,7-8,11H2. The average molecular weight is 252 g/mol. The summed E-state index contributed by atoms with van der Waals surface area (Å²) in [5, 5.41) is 8.86. The van der Waals surface area contributed by atoms with Gasteiger partial charge in [0, 0.05) is 18.8 Å². The van der Waals surface area contributed by atoms with Crippen molar-refractivity contribution in [3.05, 3.63) is 65.0 Å². The highest BCUT2D eigenvalue weighted by atomic mass is 19.1. The number of rotatable bonds is 2. The lowest BCUT2D eigenvalue weighted by Gasteiger charge is -2.19. The number of fused-ring (bicyclic) bond motifs is 1. The molecule has 0 radical (unpaired) electrons. The molecule has 3 heteroatoms. The SMILES string of the molecule is N#Cc1cc(CN2CCc3ccccc32)ccc1F. The molecule has 0 spiro atoms. The second kappa shape index (κ2) is 4.74. The van der Waals surface area contributed by atoms with Crippen molar-refractivity contribution in [1.82, 2.24) is 0 Å². The van der Waals surface area contributed by atoms with E-state index in [2.05, 4.69) is 17.0 Å². The number of halogens is 1. The molecule has 1 aliphatic rings. The van der Waals surface area contributed by atoms with Crippen molar-refractivity contribution < 1.29 is 4.39 Å². The molecular weight excluding hydrogens is 239 g/mol. The van der Waals surface area contributed by atoms with Crippen molar-refractivity contribution >= 4 is 5.69 Å². The third-order valence-corrected chi connectivity index (χ3v) is 3.51. The van der Waals surface area contributed by atoms with Gasteiger partial charge in [-0.3, -0.25) is 0 Å². The molecule has 0 unspecified atom stereocenters. The Hall–Kier alpha value is -2.34. The van der Waals surface area contributed by atoms with E-state index in [0.717, 1.165) is 18.5 Å². The molecule has 1 heterocycles. The first-order valence-corrected chi connectivity index (χ1v) is 6.29. The lowest BCUT2D eigenvalue weighted by molar-refractivity contribution is 0.622. The fourth-order valence-electron chi connectivity index (χ4n) is 2.55. The molecule has 0 N–H and O–H groups in total. The summed E-state index contributed by atoms with van der Waals surface area (Å²) in [6.07, 6.45) is 1.04. The number of hydrogen-bond acceptors (Lipinski definition) is 2. The predicted molar refractivity (Wildman–Crippen MR) is 72.3 cm³/mol. The van der Waals surface area contributed by atoms with Crippen LogP contribution in [0.5, 0.6) is 0 Å². The summed E-state index contributed by atoms with van der Waals surface area (Å²) in [6, 6.07) is 15.0. The Morgan fingerprint density at radius 3 is 2.89 bits per heavy atom. The highest BCUT2D eigenvalue weighted by Gasteiger charge is 2.18. The smallest absolute Gasteiger partial charge is 0.140 e. The van der Waals surface area contributed by atoms with Gasteiger partial charge in [0.15, 0.2) is 0 Å². The second-order valence-electron chi connectivity index (χ2n) is 4.73. The molecular formula is C16H13FN2. The number of benzene rings is 2. The van der Waals surface area contributed by atoms with E-state index in [0.29, 0.717) is 6.54 Å². The Morgan fingerprint density at radius 2 is 2.05 bits per heavy atom. The summed E-state index contributed by atoms with van der Waals surface area (Å²) in [6.45, 7) is 1.69. The van der Waals surface area contributed by atoms with Crippen molar-refractivity contribution in [2.45, 2.75) is 13.0 Å². The fourth-order valence-corrected chi connectivity index (χ4v) is 2.55. The maximum Gasteiger partial charge on any atom is 0.140 e. The normalized spacial score (nSPS) is 13.2. The summed E-state index contributed by atoms with van der Waals surface area (Å²) in [7, 11) is 0. The quantitative estimate of drug-likeness (QED) is 0.820. The molecule has 0 saturated heterocycles. The monoisotopic (exact) mass is 252 g/mol. The number of para-hydroxylation sites is 1. The number of anilines is 1. The van der Waals surface area contributed by atoms with E-state index in [1.54, 1.807) is 12.1 Å². The molecule has 0 saturated carbocycles. The van der Waals surface area contributed by atoms with Gasteiger partial charge in [-0.2, -0.15) is 5.26 Å². The number of nitriles is 1. The van der Waals surface area contributed by atoms with Crippen LogP contribution in [0.1, 0.15) is 16.7 Å². The summed E-state index contributed by atoms with van der Waals surface area (Å²) in [5.41, 5.74) is 3.68. The molecule has 19 heavy (non-hydrogen) atoms. The molecule has 2 aromatic rings. The minimum absolute atomic E-state index is 0.116. The lowest BCUT2D eigenvalue weighted by Crippen LogP contribution is -2.19. The van der Waals surface area contributed by atoms with Crippen molar-refractivity contribution in [2.24, 2.45) is 0 Å². The van der Waals surface area contributed by atoms with Crippen LogP contribution in [-0.4, -0.2) is 6.54 Å². The van der Waals surface area contributed by atoms with Crippen molar-refractivity contribution in [3.63, 3.8) is 0 Å². The van der Waals surface area contributed by atoms with Gasteiger partial charge in [-0.15, -0.1) is 0 Å². The van der Waals surface area contributed by atoms with Crippen LogP contribution in [0.15, 0.2) is 42.5 Å². The largest absolute Gasteiger partial charge is 0.367 e.